The summed E-state index contributed by atoms with van der Waals surface area (Å²) >= 11 is 0. The van der Waals surface area contributed by atoms with E-state index in [0.717, 1.165) is 5.56 Å². The molecule has 0 spiro atoms. The van der Waals surface area contributed by atoms with Crippen molar-refractivity contribution < 1.29 is 5.11 Å². The lowest BCUT2D eigenvalue weighted by atomic mass is 10.1. The Kier molecular flexibility index (Phi) is 12.9. The molecule has 0 aromatic heterocycles. The van der Waals surface area contributed by atoms with E-state index in [-0.39, 0.29) is 0 Å². The van der Waals surface area contributed by atoms with Crippen LogP contribution in [-0.2, 0) is 0 Å². The van der Waals surface area contributed by atoms with Gasteiger partial charge in [0, 0.05) is 4.90 Å². The zero-order chi connectivity index (χ0) is 22.6. The molecule has 0 unspecified atom stereocenters. The second-order valence-electron chi connectivity index (χ2n) is 10.1. The van der Waals surface area contributed by atoms with Gasteiger partial charge in [0.1, 0.15) is 5.75 Å². The number of unbranched alkanes of at least 4 members (excludes halogenated alkanes) is 10. The van der Waals surface area contributed by atoms with Crippen molar-refractivity contribution in [2.24, 2.45) is 0 Å². The number of aryl methyl sites for hydroxylation is 1. The minimum atomic E-state index is -0.961. The van der Waals surface area contributed by atoms with Gasteiger partial charge in [0.25, 0.3) is 0 Å². The highest BCUT2D eigenvalue weighted by atomic mass is 32.3. The van der Waals surface area contributed by atoms with Crippen molar-refractivity contribution in [1.82, 2.24) is 0 Å². The van der Waals surface area contributed by atoms with Gasteiger partial charge in [-0.1, -0.05) is 78.1 Å². The zero-order valence-corrected chi connectivity index (χ0v) is 23.0. The van der Waals surface area contributed by atoms with Crippen molar-refractivity contribution in [1.29, 1.82) is 0 Å². The van der Waals surface area contributed by atoms with Crippen molar-refractivity contribution >= 4 is 20.1 Å². The van der Waals surface area contributed by atoms with Gasteiger partial charge in [-0.2, -0.15) is 0 Å². The Morgan fingerprint density at radius 3 is 1.57 bits per heavy atom. The average Bonchev–Trinajstić information content (AvgIpc) is 2.69. The third-order valence-corrected chi connectivity index (χ3v) is 12.1. The summed E-state index contributed by atoms with van der Waals surface area (Å²) in [5.41, 5.74) is 1.08. The van der Waals surface area contributed by atoms with E-state index in [4.69, 9.17) is 0 Å². The molecule has 0 amide bonds. The van der Waals surface area contributed by atoms with E-state index < -0.39 is 20.1 Å². The van der Waals surface area contributed by atoms with E-state index in [1.165, 1.54) is 98.3 Å². The first-order chi connectivity index (χ1) is 14.2. The molecule has 1 nitrogen and oxygen atoms in total. The molecule has 1 aromatic rings. The first-order valence-corrected chi connectivity index (χ1v) is 17.6. The van der Waals surface area contributed by atoms with Gasteiger partial charge in [0.15, 0.2) is 0 Å². The summed E-state index contributed by atoms with van der Waals surface area (Å²) < 4.78 is 0. The van der Waals surface area contributed by atoms with Crippen LogP contribution < -0.4 is 0 Å². The number of phenolic OH excluding ortho intramolecular Hbond substituents is 1. The number of benzene rings is 1. The summed E-state index contributed by atoms with van der Waals surface area (Å²) in [6.45, 7) is 6.66. The largest absolute Gasteiger partial charge is 0.507 e. The van der Waals surface area contributed by atoms with Crippen LogP contribution in [0.1, 0.15) is 96.5 Å². The Morgan fingerprint density at radius 1 is 0.633 bits per heavy atom. The fraction of sp³-hybridized carbons (Fsp3) is 0.778. The van der Waals surface area contributed by atoms with Crippen LogP contribution in [0.25, 0.3) is 0 Å². The topological polar surface area (TPSA) is 20.2 Å². The molecule has 0 saturated carbocycles. The molecule has 3 heteroatoms. The lowest BCUT2D eigenvalue weighted by Crippen LogP contribution is -2.07. The Balaban J connectivity index is 2.79. The van der Waals surface area contributed by atoms with Crippen LogP contribution in [0.15, 0.2) is 21.9 Å². The Labute approximate surface area is 192 Å². The van der Waals surface area contributed by atoms with Crippen LogP contribution in [0, 0.1) is 6.92 Å². The second kappa shape index (κ2) is 14.0. The molecule has 1 N–H and O–H groups in total. The first kappa shape index (κ1) is 27.8. The Hall–Kier alpha value is -0.280. The standard InChI is InChI=1S/C27H52OS2/c1-8-10-12-14-16-18-20-29(4,5)25-22-24(3)27(28)26(23-25)30(6,7)21-19-17-15-13-11-9-2/h22-23,28H,8-21H2,1-7H3. The fourth-order valence-electron chi connectivity index (χ4n) is 4.17. The van der Waals surface area contributed by atoms with Crippen molar-refractivity contribution in [3.63, 3.8) is 0 Å². The second-order valence-corrected chi connectivity index (χ2v) is 18.0. The SMILES string of the molecule is CCCCCCCCS(C)(C)c1cc(C)c(O)c(S(C)(C)CCCCCCCC)c1. The normalized spacial score (nSPS) is 13.6. The van der Waals surface area contributed by atoms with E-state index in [1.807, 2.05) is 0 Å². The van der Waals surface area contributed by atoms with Gasteiger partial charge in [-0.15, -0.1) is 0 Å². The molecule has 0 atom stereocenters. The predicted molar refractivity (Wildman–Crippen MR) is 145 cm³/mol. The van der Waals surface area contributed by atoms with Crippen molar-refractivity contribution in [2.45, 2.75) is 108 Å². The summed E-state index contributed by atoms with van der Waals surface area (Å²) in [5, 5.41) is 10.9. The molecule has 0 saturated heterocycles. The molecule has 0 aliphatic rings. The summed E-state index contributed by atoms with van der Waals surface area (Å²) in [7, 11) is -1.77. The monoisotopic (exact) mass is 456 g/mol. The van der Waals surface area contributed by atoms with E-state index in [0.29, 0.717) is 5.75 Å². The van der Waals surface area contributed by atoms with Crippen molar-refractivity contribution in [3.05, 3.63) is 17.7 Å². The maximum atomic E-state index is 10.9. The van der Waals surface area contributed by atoms with Gasteiger partial charge in [0.2, 0.25) is 0 Å². The van der Waals surface area contributed by atoms with E-state index in [2.05, 4.69) is 57.9 Å². The van der Waals surface area contributed by atoms with Gasteiger partial charge in [-0.3, -0.25) is 0 Å². The molecule has 1 aromatic carbocycles. The minimum absolute atomic E-state index is 0.569. The number of rotatable bonds is 16. The third-order valence-electron chi connectivity index (χ3n) is 6.49. The molecule has 0 radical (unpaired) electrons. The molecule has 0 aliphatic carbocycles. The Bertz CT molecular complexity index is 607. The summed E-state index contributed by atoms with van der Waals surface area (Å²) in [4.78, 5) is 2.76. The van der Waals surface area contributed by atoms with E-state index >= 15 is 0 Å². The van der Waals surface area contributed by atoms with Crippen molar-refractivity contribution in [2.75, 3.05) is 36.5 Å². The fourth-order valence-corrected chi connectivity index (χ4v) is 8.61. The van der Waals surface area contributed by atoms with E-state index in [1.54, 1.807) is 0 Å². The summed E-state index contributed by atoms with van der Waals surface area (Å²) in [6.07, 6.45) is 26.0. The molecule has 0 aliphatic heterocycles. The number of hydrogen-bond donors (Lipinski definition) is 1. The molecular weight excluding hydrogens is 404 g/mol. The average molecular weight is 457 g/mol. The molecule has 30 heavy (non-hydrogen) atoms. The van der Waals surface area contributed by atoms with Crippen LogP contribution in [0.4, 0.5) is 0 Å². The third kappa shape index (κ3) is 9.47. The highest BCUT2D eigenvalue weighted by Crippen LogP contribution is 2.58. The maximum absolute atomic E-state index is 10.9. The van der Waals surface area contributed by atoms with Crippen LogP contribution >= 0.6 is 20.1 Å². The van der Waals surface area contributed by atoms with Gasteiger partial charge >= 0.3 is 0 Å². The smallest absolute Gasteiger partial charge is 0.130 e. The van der Waals surface area contributed by atoms with E-state index in [9.17, 15) is 5.11 Å². The summed E-state index contributed by atoms with van der Waals surface area (Å²) in [6, 6.07) is 4.69. The number of hydrogen-bond acceptors (Lipinski definition) is 1. The van der Waals surface area contributed by atoms with Crippen LogP contribution in [0.5, 0.6) is 5.75 Å². The maximum Gasteiger partial charge on any atom is 0.130 e. The van der Waals surface area contributed by atoms with Crippen LogP contribution in [-0.4, -0.2) is 41.6 Å². The minimum Gasteiger partial charge on any atom is -0.507 e. The van der Waals surface area contributed by atoms with Gasteiger partial charge < -0.3 is 5.11 Å². The van der Waals surface area contributed by atoms with Crippen molar-refractivity contribution in [3.8, 4) is 5.75 Å². The quantitative estimate of drug-likeness (QED) is 0.246. The van der Waals surface area contributed by atoms with Crippen LogP contribution in [0.2, 0.25) is 0 Å². The first-order valence-electron chi connectivity index (χ1n) is 12.4. The van der Waals surface area contributed by atoms with Crippen LogP contribution in [0.3, 0.4) is 0 Å². The summed E-state index contributed by atoms with van der Waals surface area (Å²) in [5.74, 6) is 3.12. The zero-order valence-electron chi connectivity index (χ0n) is 21.3. The molecule has 178 valence electrons. The molecule has 0 heterocycles. The highest BCUT2D eigenvalue weighted by molar-refractivity contribution is 8.33. The van der Waals surface area contributed by atoms with Gasteiger partial charge in [0.05, 0.1) is 0 Å². The molecule has 0 fully saturated rings. The predicted octanol–water partition coefficient (Wildman–Crippen LogP) is 9.27. The van der Waals surface area contributed by atoms with Gasteiger partial charge in [-0.05, 0) is 78.9 Å². The molecular formula is C27H52OS2. The number of phenols is 1. The lowest BCUT2D eigenvalue weighted by Gasteiger charge is -2.37. The lowest BCUT2D eigenvalue weighted by molar-refractivity contribution is 0.456. The molecule has 1 rings (SSSR count). The molecule has 0 bridgehead atoms. The highest BCUT2D eigenvalue weighted by Gasteiger charge is 2.24. The number of aromatic hydroxyl groups is 1. The Morgan fingerprint density at radius 2 is 1.07 bits per heavy atom. The van der Waals surface area contributed by atoms with Gasteiger partial charge in [-0.25, -0.2) is 20.1 Å².